The quantitative estimate of drug-likeness (QED) is 0.252. The highest BCUT2D eigenvalue weighted by molar-refractivity contribution is 7.97. The van der Waals surface area contributed by atoms with Crippen molar-refractivity contribution in [3.63, 3.8) is 0 Å². The first-order valence-corrected chi connectivity index (χ1v) is 12.7. The highest BCUT2D eigenvalue weighted by Crippen LogP contribution is 2.40. The summed E-state index contributed by atoms with van der Waals surface area (Å²) < 4.78 is 5.85. The van der Waals surface area contributed by atoms with Crippen LogP contribution in [0.3, 0.4) is 0 Å². The summed E-state index contributed by atoms with van der Waals surface area (Å²) in [6.07, 6.45) is 6.61. The number of rotatable bonds is 5. The van der Waals surface area contributed by atoms with Gasteiger partial charge in [-0.3, -0.25) is 0 Å². The highest BCUT2D eigenvalue weighted by Gasteiger charge is 2.46. The van der Waals surface area contributed by atoms with Crippen LogP contribution in [0.15, 0.2) is 99.6 Å². The van der Waals surface area contributed by atoms with Crippen molar-refractivity contribution in [3.8, 4) is 11.8 Å². The standard InChI is InChI=1S/C29H27O2S/c30-28(31-29(21-22-29)20-19-23-9-7-8-10-23)24-15-17-27(18-16-24)32(25-11-3-1-4-12-25)26-13-5-2-6-14-26/h1-6,11-18,23H,7-10,21-22H2/q+1. The number of carbonyl (C=O) groups excluding carboxylic acids is 1. The van der Waals surface area contributed by atoms with Gasteiger partial charge < -0.3 is 4.74 Å². The number of hydrogen-bond acceptors (Lipinski definition) is 2. The van der Waals surface area contributed by atoms with Crippen LogP contribution in [0, 0.1) is 17.8 Å². The van der Waals surface area contributed by atoms with Crippen molar-refractivity contribution < 1.29 is 9.53 Å². The van der Waals surface area contributed by atoms with Crippen LogP contribution in [0.2, 0.25) is 0 Å². The van der Waals surface area contributed by atoms with Gasteiger partial charge in [0.25, 0.3) is 0 Å². The van der Waals surface area contributed by atoms with E-state index in [1.807, 2.05) is 24.3 Å². The van der Waals surface area contributed by atoms with Crippen molar-refractivity contribution in [2.45, 2.75) is 58.8 Å². The molecule has 0 spiro atoms. The third kappa shape index (κ3) is 4.76. The van der Waals surface area contributed by atoms with Gasteiger partial charge in [0.1, 0.15) is 0 Å². The van der Waals surface area contributed by atoms with Gasteiger partial charge in [-0.25, -0.2) is 4.79 Å². The van der Waals surface area contributed by atoms with Crippen LogP contribution in [0.4, 0.5) is 0 Å². The molecule has 0 amide bonds. The molecule has 0 heterocycles. The predicted molar refractivity (Wildman–Crippen MR) is 129 cm³/mol. The lowest BCUT2D eigenvalue weighted by molar-refractivity contribution is 0.0361. The molecule has 3 heteroatoms. The van der Waals surface area contributed by atoms with Crippen molar-refractivity contribution in [1.82, 2.24) is 0 Å². The van der Waals surface area contributed by atoms with Crippen LogP contribution in [0.25, 0.3) is 0 Å². The molecule has 3 aromatic rings. The van der Waals surface area contributed by atoms with Crippen molar-refractivity contribution in [2.75, 3.05) is 0 Å². The molecule has 0 N–H and O–H groups in total. The van der Waals surface area contributed by atoms with E-state index in [1.165, 1.54) is 40.4 Å². The fourth-order valence-electron chi connectivity index (χ4n) is 4.15. The Morgan fingerprint density at radius 2 is 1.31 bits per heavy atom. The summed E-state index contributed by atoms with van der Waals surface area (Å²) >= 11 is 0. The van der Waals surface area contributed by atoms with E-state index in [4.69, 9.17) is 4.74 Å². The number of hydrogen-bond donors (Lipinski definition) is 0. The molecular weight excluding hydrogens is 412 g/mol. The smallest absolute Gasteiger partial charge is 0.339 e. The second-order valence-electron chi connectivity index (χ2n) is 8.59. The van der Waals surface area contributed by atoms with E-state index in [0.29, 0.717) is 11.5 Å². The Labute approximate surface area is 193 Å². The SMILES string of the molecule is O=C(OC1(C#CC2CCCC2)CC1)c1ccc([S+](c2ccccc2)c2ccccc2)cc1. The minimum Gasteiger partial charge on any atom is -0.442 e. The average molecular weight is 440 g/mol. The molecule has 0 unspecified atom stereocenters. The molecule has 0 atom stereocenters. The maximum atomic E-state index is 12.8. The van der Waals surface area contributed by atoms with Crippen molar-refractivity contribution in [1.29, 1.82) is 0 Å². The minimum absolute atomic E-state index is 0.222. The van der Waals surface area contributed by atoms with E-state index in [9.17, 15) is 4.79 Å². The number of carbonyl (C=O) groups is 1. The van der Waals surface area contributed by atoms with Crippen molar-refractivity contribution in [3.05, 3.63) is 90.5 Å². The van der Waals surface area contributed by atoms with Crippen molar-refractivity contribution in [2.24, 2.45) is 5.92 Å². The zero-order chi connectivity index (χ0) is 21.8. The van der Waals surface area contributed by atoms with Crippen LogP contribution in [-0.4, -0.2) is 11.6 Å². The molecule has 0 radical (unpaired) electrons. The summed E-state index contributed by atoms with van der Waals surface area (Å²) in [4.78, 5) is 16.5. The number of ether oxygens (including phenoxy) is 1. The Kier molecular flexibility index (Phi) is 6.06. The number of benzene rings is 3. The maximum Gasteiger partial charge on any atom is 0.339 e. The first-order chi connectivity index (χ1) is 15.7. The van der Waals surface area contributed by atoms with Crippen LogP contribution in [-0.2, 0) is 15.6 Å². The molecule has 0 bridgehead atoms. The first kappa shape index (κ1) is 20.9. The first-order valence-electron chi connectivity index (χ1n) is 11.4. The number of esters is 1. The van der Waals surface area contributed by atoms with Gasteiger partial charge in [0, 0.05) is 18.8 Å². The fourth-order valence-corrected chi connectivity index (χ4v) is 6.24. The largest absolute Gasteiger partial charge is 0.442 e. The monoisotopic (exact) mass is 439 g/mol. The summed E-state index contributed by atoms with van der Waals surface area (Å²) in [5.41, 5.74) is 0.0452. The van der Waals surface area contributed by atoms with Gasteiger partial charge in [0.15, 0.2) is 20.3 Å². The molecule has 5 rings (SSSR count). The molecule has 32 heavy (non-hydrogen) atoms. The molecular formula is C29H27O2S+. The van der Waals surface area contributed by atoms with E-state index in [-0.39, 0.29) is 16.9 Å². The van der Waals surface area contributed by atoms with Crippen LogP contribution >= 0.6 is 0 Å². The Bertz CT molecular complexity index is 1080. The van der Waals surface area contributed by atoms with Gasteiger partial charge in [0.05, 0.1) is 16.5 Å². The van der Waals surface area contributed by atoms with E-state index in [1.54, 1.807) is 0 Å². The second kappa shape index (κ2) is 9.27. The Morgan fingerprint density at radius 3 is 1.84 bits per heavy atom. The molecule has 2 saturated carbocycles. The van der Waals surface area contributed by atoms with Gasteiger partial charge in [0.2, 0.25) is 0 Å². The summed E-state index contributed by atoms with van der Waals surface area (Å²) in [6, 6.07) is 28.9. The Balaban J connectivity index is 1.34. The highest BCUT2D eigenvalue weighted by atomic mass is 32.2. The lowest BCUT2D eigenvalue weighted by atomic mass is 10.1. The van der Waals surface area contributed by atoms with E-state index >= 15 is 0 Å². The molecule has 2 aliphatic rings. The van der Waals surface area contributed by atoms with Gasteiger partial charge in [-0.2, -0.15) is 0 Å². The van der Waals surface area contributed by atoms with E-state index in [2.05, 4.69) is 72.5 Å². The van der Waals surface area contributed by atoms with Gasteiger partial charge in [-0.15, -0.1) is 0 Å². The second-order valence-corrected chi connectivity index (χ2v) is 10.6. The zero-order valence-electron chi connectivity index (χ0n) is 18.1. The maximum absolute atomic E-state index is 12.8. The van der Waals surface area contributed by atoms with Crippen LogP contribution in [0.5, 0.6) is 0 Å². The van der Waals surface area contributed by atoms with Crippen LogP contribution in [0.1, 0.15) is 48.9 Å². The summed E-state index contributed by atoms with van der Waals surface area (Å²) in [7, 11) is -0.222. The average Bonchev–Trinajstić information content (AvgIpc) is 3.39. The predicted octanol–water partition coefficient (Wildman–Crippen LogP) is 6.67. The molecule has 0 saturated heterocycles. The Morgan fingerprint density at radius 1 is 0.781 bits per heavy atom. The molecule has 3 aromatic carbocycles. The molecule has 2 fully saturated rings. The summed E-state index contributed by atoms with van der Waals surface area (Å²) in [5.74, 6) is 6.89. The van der Waals surface area contributed by atoms with E-state index < -0.39 is 5.60 Å². The summed E-state index contributed by atoms with van der Waals surface area (Å²) in [5, 5.41) is 0. The van der Waals surface area contributed by atoms with Crippen molar-refractivity contribution >= 4 is 16.9 Å². The topological polar surface area (TPSA) is 26.3 Å². The minimum atomic E-state index is -0.545. The fraction of sp³-hybridized carbons (Fsp3) is 0.276. The summed E-state index contributed by atoms with van der Waals surface area (Å²) in [6.45, 7) is 0. The molecule has 0 aromatic heterocycles. The third-order valence-corrected chi connectivity index (χ3v) is 8.37. The van der Waals surface area contributed by atoms with E-state index in [0.717, 1.165) is 12.8 Å². The third-order valence-electron chi connectivity index (χ3n) is 6.13. The molecule has 0 aliphatic heterocycles. The Hall–Kier alpha value is -2.96. The van der Waals surface area contributed by atoms with Gasteiger partial charge in [-0.1, -0.05) is 61.1 Å². The molecule has 2 nitrogen and oxygen atoms in total. The lowest BCUT2D eigenvalue weighted by Gasteiger charge is -2.12. The molecule has 2 aliphatic carbocycles. The molecule has 160 valence electrons. The zero-order valence-corrected chi connectivity index (χ0v) is 18.9. The van der Waals surface area contributed by atoms with Gasteiger partial charge >= 0.3 is 5.97 Å². The lowest BCUT2D eigenvalue weighted by Crippen LogP contribution is -2.18. The van der Waals surface area contributed by atoms with Crippen LogP contribution < -0.4 is 0 Å². The normalized spacial score (nSPS) is 16.9. The van der Waals surface area contributed by atoms with Gasteiger partial charge in [-0.05, 0) is 61.4 Å².